The van der Waals surface area contributed by atoms with Crippen LogP contribution in [0.3, 0.4) is 0 Å². The van der Waals surface area contributed by atoms with Crippen molar-refractivity contribution in [1.82, 2.24) is 10.3 Å². The van der Waals surface area contributed by atoms with Crippen LogP contribution in [0.15, 0.2) is 79.0 Å². The molecule has 4 rings (SSSR count). The predicted molar refractivity (Wildman–Crippen MR) is 123 cm³/mol. The van der Waals surface area contributed by atoms with E-state index in [1.807, 2.05) is 42.5 Å². The minimum atomic E-state index is -0.913. The van der Waals surface area contributed by atoms with Crippen LogP contribution in [0.1, 0.15) is 15.9 Å². The smallest absolute Gasteiger partial charge is 0.252 e. The minimum Gasteiger partial charge on any atom is -0.348 e. The molecule has 0 aliphatic rings. The summed E-state index contributed by atoms with van der Waals surface area (Å²) in [6.45, 7) is 0.306. The van der Waals surface area contributed by atoms with Gasteiger partial charge in [0, 0.05) is 29.9 Å². The molecule has 0 saturated carbocycles. The summed E-state index contributed by atoms with van der Waals surface area (Å²) in [5, 5.41) is 3.63. The standard InChI is InChI=1S/C25H21F2N3OS/c26-21-11-10-17(13-22(21)27)23-15-29-25(32-23)20-9-5-4-8-19(20)24(31)30-18(14-28)12-16-6-2-1-3-7-16/h1-11,13,15,18H,12,14,28H2,(H,30,31)/t18-/m0/s1. The molecule has 0 aliphatic heterocycles. The summed E-state index contributed by atoms with van der Waals surface area (Å²) >= 11 is 1.31. The van der Waals surface area contributed by atoms with Crippen LogP contribution in [0.4, 0.5) is 8.78 Å². The summed E-state index contributed by atoms with van der Waals surface area (Å²) in [7, 11) is 0. The Hall–Kier alpha value is -3.42. The number of hydrogen-bond acceptors (Lipinski definition) is 4. The SMILES string of the molecule is NC[C@H](Cc1ccccc1)NC(=O)c1ccccc1-c1ncc(-c2ccc(F)c(F)c2)s1. The van der Waals surface area contributed by atoms with Crippen molar-refractivity contribution in [3.63, 3.8) is 0 Å². The molecule has 0 bridgehead atoms. The van der Waals surface area contributed by atoms with Gasteiger partial charge in [0.2, 0.25) is 0 Å². The van der Waals surface area contributed by atoms with Gasteiger partial charge in [0.25, 0.3) is 5.91 Å². The van der Waals surface area contributed by atoms with Gasteiger partial charge in [0.15, 0.2) is 11.6 Å². The van der Waals surface area contributed by atoms with E-state index in [9.17, 15) is 13.6 Å². The van der Waals surface area contributed by atoms with Gasteiger partial charge in [-0.2, -0.15) is 0 Å². The van der Waals surface area contributed by atoms with E-state index in [4.69, 9.17) is 5.73 Å². The molecule has 32 heavy (non-hydrogen) atoms. The highest BCUT2D eigenvalue weighted by atomic mass is 32.1. The molecule has 7 heteroatoms. The number of nitrogens with two attached hydrogens (primary N) is 1. The number of aromatic nitrogens is 1. The van der Waals surface area contributed by atoms with Crippen LogP contribution in [0, 0.1) is 11.6 Å². The second kappa shape index (κ2) is 9.80. The van der Waals surface area contributed by atoms with Crippen molar-refractivity contribution in [1.29, 1.82) is 0 Å². The Morgan fingerprint density at radius 3 is 2.50 bits per heavy atom. The molecule has 4 aromatic rings. The van der Waals surface area contributed by atoms with Gasteiger partial charge in [-0.3, -0.25) is 4.79 Å². The molecule has 3 N–H and O–H groups in total. The maximum Gasteiger partial charge on any atom is 0.252 e. The van der Waals surface area contributed by atoms with Gasteiger partial charge in [-0.05, 0) is 35.7 Å². The second-order valence-electron chi connectivity index (χ2n) is 7.30. The number of carbonyl (C=O) groups excluding carboxylic acids is 1. The van der Waals surface area contributed by atoms with Crippen molar-refractivity contribution in [3.8, 4) is 21.0 Å². The largest absolute Gasteiger partial charge is 0.348 e. The van der Waals surface area contributed by atoms with E-state index < -0.39 is 11.6 Å². The Morgan fingerprint density at radius 2 is 1.75 bits per heavy atom. The number of halogens is 2. The first-order chi connectivity index (χ1) is 15.5. The molecule has 3 aromatic carbocycles. The van der Waals surface area contributed by atoms with Crippen molar-refractivity contribution in [2.45, 2.75) is 12.5 Å². The summed E-state index contributed by atoms with van der Waals surface area (Å²) < 4.78 is 26.9. The van der Waals surface area contributed by atoms with Crippen molar-refractivity contribution >= 4 is 17.2 Å². The minimum absolute atomic E-state index is 0.216. The van der Waals surface area contributed by atoms with Crippen LogP contribution in [-0.4, -0.2) is 23.5 Å². The first kappa shape index (κ1) is 21.8. The topological polar surface area (TPSA) is 68.0 Å². The van der Waals surface area contributed by atoms with Crippen LogP contribution < -0.4 is 11.1 Å². The zero-order valence-corrected chi connectivity index (χ0v) is 17.9. The van der Waals surface area contributed by atoms with E-state index in [1.165, 1.54) is 17.4 Å². The lowest BCUT2D eigenvalue weighted by molar-refractivity contribution is 0.0938. The summed E-state index contributed by atoms with van der Waals surface area (Å²) in [5.41, 5.74) is 8.67. The molecule has 1 aromatic heterocycles. The molecular weight excluding hydrogens is 428 g/mol. The Morgan fingerprint density at radius 1 is 1.00 bits per heavy atom. The molecule has 0 radical (unpaired) electrons. The average molecular weight is 450 g/mol. The normalized spacial score (nSPS) is 11.8. The van der Waals surface area contributed by atoms with Crippen molar-refractivity contribution < 1.29 is 13.6 Å². The van der Waals surface area contributed by atoms with Gasteiger partial charge in [0.05, 0.1) is 4.88 Å². The number of nitrogens with zero attached hydrogens (tertiary/aromatic N) is 1. The molecular formula is C25H21F2N3OS. The highest BCUT2D eigenvalue weighted by molar-refractivity contribution is 7.18. The van der Waals surface area contributed by atoms with E-state index in [2.05, 4.69) is 10.3 Å². The predicted octanol–water partition coefficient (Wildman–Crippen LogP) is 5.06. The van der Waals surface area contributed by atoms with Crippen LogP contribution >= 0.6 is 11.3 Å². The average Bonchev–Trinajstić information content (AvgIpc) is 3.31. The number of carbonyl (C=O) groups is 1. The van der Waals surface area contributed by atoms with Gasteiger partial charge >= 0.3 is 0 Å². The summed E-state index contributed by atoms with van der Waals surface area (Å²) in [6, 6.07) is 20.5. The highest BCUT2D eigenvalue weighted by Crippen LogP contribution is 2.34. The van der Waals surface area contributed by atoms with Crippen molar-refractivity contribution in [3.05, 3.63) is 102 Å². The number of benzene rings is 3. The summed E-state index contributed by atoms with van der Waals surface area (Å²) in [6.07, 6.45) is 2.22. The Bertz CT molecular complexity index is 1230. The molecule has 1 heterocycles. The van der Waals surface area contributed by atoms with Crippen LogP contribution in [0.2, 0.25) is 0 Å². The zero-order valence-electron chi connectivity index (χ0n) is 17.1. The fraction of sp³-hybridized carbons (Fsp3) is 0.120. The van der Waals surface area contributed by atoms with E-state index >= 15 is 0 Å². The molecule has 0 unspecified atom stereocenters. The number of rotatable bonds is 7. The van der Waals surface area contributed by atoms with Gasteiger partial charge < -0.3 is 11.1 Å². The highest BCUT2D eigenvalue weighted by Gasteiger charge is 2.19. The number of hydrogen-bond donors (Lipinski definition) is 2. The van der Waals surface area contributed by atoms with E-state index in [-0.39, 0.29) is 11.9 Å². The van der Waals surface area contributed by atoms with E-state index in [0.29, 0.717) is 39.5 Å². The van der Waals surface area contributed by atoms with Crippen molar-refractivity contribution in [2.75, 3.05) is 6.54 Å². The lowest BCUT2D eigenvalue weighted by Crippen LogP contribution is -2.41. The van der Waals surface area contributed by atoms with E-state index in [1.54, 1.807) is 18.3 Å². The molecule has 1 atom stereocenters. The first-order valence-electron chi connectivity index (χ1n) is 10.1. The molecule has 0 spiro atoms. The van der Waals surface area contributed by atoms with Crippen molar-refractivity contribution in [2.24, 2.45) is 5.73 Å². The van der Waals surface area contributed by atoms with Crippen LogP contribution in [-0.2, 0) is 6.42 Å². The fourth-order valence-corrected chi connectivity index (χ4v) is 4.36. The van der Waals surface area contributed by atoms with Crippen LogP contribution in [0.25, 0.3) is 21.0 Å². The van der Waals surface area contributed by atoms with Gasteiger partial charge in [-0.15, -0.1) is 11.3 Å². The Labute approximate surface area is 188 Å². The van der Waals surface area contributed by atoms with Gasteiger partial charge in [-0.1, -0.05) is 54.6 Å². The molecule has 0 aliphatic carbocycles. The van der Waals surface area contributed by atoms with Crippen LogP contribution in [0.5, 0.6) is 0 Å². The van der Waals surface area contributed by atoms with Gasteiger partial charge in [-0.25, -0.2) is 13.8 Å². The zero-order chi connectivity index (χ0) is 22.5. The number of nitrogens with one attached hydrogen (secondary N) is 1. The lowest BCUT2D eigenvalue weighted by Gasteiger charge is -2.18. The number of thiazole rings is 1. The molecule has 162 valence electrons. The third-order valence-corrected chi connectivity index (χ3v) is 6.14. The third kappa shape index (κ3) is 4.90. The Kier molecular flexibility index (Phi) is 6.68. The monoisotopic (exact) mass is 449 g/mol. The number of amides is 1. The maximum atomic E-state index is 13.6. The quantitative estimate of drug-likeness (QED) is 0.415. The Balaban J connectivity index is 1.57. The second-order valence-corrected chi connectivity index (χ2v) is 8.33. The lowest BCUT2D eigenvalue weighted by atomic mass is 10.0. The summed E-state index contributed by atoms with van der Waals surface area (Å²) in [5.74, 6) is -2.05. The summed E-state index contributed by atoms with van der Waals surface area (Å²) in [4.78, 5) is 18.2. The fourth-order valence-electron chi connectivity index (χ4n) is 3.40. The molecule has 1 amide bonds. The molecule has 0 fully saturated rings. The third-order valence-electron chi connectivity index (χ3n) is 5.06. The maximum absolute atomic E-state index is 13.6. The van der Waals surface area contributed by atoms with Gasteiger partial charge in [0.1, 0.15) is 5.01 Å². The molecule has 4 nitrogen and oxygen atoms in total. The first-order valence-corrected chi connectivity index (χ1v) is 10.9. The molecule has 0 saturated heterocycles. The van der Waals surface area contributed by atoms with E-state index in [0.717, 1.165) is 17.7 Å².